The summed E-state index contributed by atoms with van der Waals surface area (Å²) in [6.45, 7) is 2.32. The zero-order valence-corrected chi connectivity index (χ0v) is 26.6. The third kappa shape index (κ3) is 3.93. The minimum absolute atomic E-state index is 0.686. The minimum Gasteiger partial charge on any atom is -0.142 e. The summed E-state index contributed by atoms with van der Waals surface area (Å²) in [5.41, 5.74) is 5.70. The van der Waals surface area contributed by atoms with Crippen LogP contribution in [-0.4, -0.2) is 0 Å². The van der Waals surface area contributed by atoms with Crippen LogP contribution in [0.25, 0.3) is 21.9 Å². The molecule has 0 bridgehead atoms. The molecule has 0 heterocycles. The van der Waals surface area contributed by atoms with Crippen molar-refractivity contribution in [3.05, 3.63) is 65.7 Å². The molecule has 6 fully saturated rings. The summed E-state index contributed by atoms with van der Waals surface area (Å²) in [5.74, 6) is 11.1. The summed E-state index contributed by atoms with van der Waals surface area (Å²) in [6, 6.07) is 20.8. The highest BCUT2D eigenvalue weighted by Gasteiger charge is 2.63. The van der Waals surface area contributed by atoms with Gasteiger partial charge in [-0.05, 0) is 156 Å². The maximum Gasteiger partial charge on any atom is 0.0154 e. The molecule has 0 saturated heterocycles. The van der Waals surface area contributed by atoms with Crippen LogP contribution >= 0.6 is 12.6 Å². The summed E-state index contributed by atoms with van der Waals surface area (Å²) < 4.78 is 0. The molecule has 1 heteroatoms. The zero-order valence-electron chi connectivity index (χ0n) is 25.7. The average molecular weight is 575 g/mol. The van der Waals surface area contributed by atoms with Crippen molar-refractivity contribution in [2.75, 3.05) is 0 Å². The number of benzene rings is 3. The maximum absolute atomic E-state index is 5.42. The fourth-order valence-corrected chi connectivity index (χ4v) is 13.8. The summed E-state index contributed by atoms with van der Waals surface area (Å²) in [7, 11) is 0. The zero-order chi connectivity index (χ0) is 27.9. The Morgan fingerprint density at radius 2 is 1.10 bits per heavy atom. The number of hydrogen-bond acceptors (Lipinski definition) is 1. The predicted octanol–water partition coefficient (Wildman–Crippen LogP) is 11.5. The van der Waals surface area contributed by atoms with Gasteiger partial charge in [0.1, 0.15) is 0 Å². The predicted molar refractivity (Wildman–Crippen MR) is 179 cm³/mol. The van der Waals surface area contributed by atoms with Gasteiger partial charge in [0.05, 0.1) is 0 Å². The summed E-state index contributed by atoms with van der Waals surface area (Å²) in [5, 5.41) is 2.72. The van der Waals surface area contributed by atoms with Gasteiger partial charge in [0.2, 0.25) is 0 Å². The molecule has 0 amide bonds. The van der Waals surface area contributed by atoms with Gasteiger partial charge in [0.25, 0.3) is 0 Å². The van der Waals surface area contributed by atoms with Gasteiger partial charge in [-0.3, -0.25) is 0 Å². The minimum atomic E-state index is 0.686. The summed E-state index contributed by atoms with van der Waals surface area (Å²) in [6.07, 6.45) is 19.8. The Hall–Kier alpha value is -1.73. The molecule has 220 valence electrons. The van der Waals surface area contributed by atoms with E-state index in [1.54, 1.807) is 37.7 Å². The highest BCUT2D eigenvalue weighted by Crippen LogP contribution is 2.70. The van der Waals surface area contributed by atoms with Crippen molar-refractivity contribution >= 4 is 23.4 Å². The normalized spacial score (nSPS) is 40.6. The highest BCUT2D eigenvalue weighted by atomic mass is 32.1. The average Bonchev–Trinajstić information content (AvgIpc) is 3.05. The van der Waals surface area contributed by atoms with E-state index in [0.717, 1.165) is 59.2 Å². The lowest BCUT2D eigenvalue weighted by atomic mass is 9.37. The first-order chi connectivity index (χ1) is 20.7. The van der Waals surface area contributed by atoms with E-state index in [-0.39, 0.29) is 0 Å². The van der Waals surface area contributed by atoms with Crippen molar-refractivity contribution in [1.29, 1.82) is 0 Å². The smallest absolute Gasteiger partial charge is 0.0154 e. The van der Waals surface area contributed by atoms with Crippen LogP contribution in [0, 0.1) is 66.1 Å². The van der Waals surface area contributed by atoms with Crippen molar-refractivity contribution in [3.8, 4) is 11.1 Å². The highest BCUT2D eigenvalue weighted by molar-refractivity contribution is 7.80. The van der Waals surface area contributed by atoms with Gasteiger partial charge in [-0.15, -0.1) is 12.6 Å². The van der Waals surface area contributed by atoms with E-state index in [9.17, 15) is 0 Å². The van der Waals surface area contributed by atoms with Gasteiger partial charge in [-0.2, -0.15) is 0 Å². The number of fused-ring (bicyclic) bond motifs is 7. The number of rotatable bonds is 2. The summed E-state index contributed by atoms with van der Waals surface area (Å²) >= 11 is 5.42. The van der Waals surface area contributed by atoms with Crippen molar-refractivity contribution in [1.82, 2.24) is 0 Å². The molecule has 6 aliphatic rings. The third-order valence-corrected chi connectivity index (χ3v) is 15.1. The second-order valence-corrected chi connectivity index (χ2v) is 16.3. The van der Waals surface area contributed by atoms with Gasteiger partial charge in [-0.1, -0.05) is 86.7 Å². The lowest BCUT2D eigenvalue weighted by Gasteiger charge is -2.68. The lowest BCUT2D eigenvalue weighted by Crippen LogP contribution is -2.61. The first-order valence-electron chi connectivity index (χ1n) is 18.0. The topological polar surface area (TPSA) is 0 Å². The molecule has 0 N–H and O–H groups in total. The van der Waals surface area contributed by atoms with Gasteiger partial charge in [0, 0.05) is 4.90 Å². The molecule has 0 nitrogen and oxygen atoms in total. The maximum atomic E-state index is 5.42. The molecule has 42 heavy (non-hydrogen) atoms. The molecule has 0 aromatic heterocycles. The van der Waals surface area contributed by atoms with E-state index in [2.05, 4.69) is 61.5 Å². The molecular weight excluding hydrogens is 525 g/mol. The molecule has 8 unspecified atom stereocenters. The Labute approximate surface area is 259 Å². The molecule has 8 atom stereocenters. The SMILES string of the molecule is Cc1c(-c2cccc(C3CC4C5CCCCC5C5CCCC6C7CCCCC7C(C3)C4C56)c2S)ccc2ccccc12. The van der Waals surface area contributed by atoms with Crippen LogP contribution in [0.2, 0.25) is 0 Å². The Bertz CT molecular complexity index is 1440. The quantitative estimate of drug-likeness (QED) is 0.289. The van der Waals surface area contributed by atoms with Gasteiger partial charge >= 0.3 is 0 Å². The third-order valence-electron chi connectivity index (χ3n) is 14.6. The number of hydrogen-bond donors (Lipinski definition) is 1. The fraction of sp³-hybridized carbons (Fsp3) is 0.610. The van der Waals surface area contributed by atoms with Crippen LogP contribution < -0.4 is 0 Å². The van der Waals surface area contributed by atoms with E-state index < -0.39 is 0 Å². The van der Waals surface area contributed by atoms with Gasteiger partial charge < -0.3 is 0 Å². The van der Waals surface area contributed by atoms with E-state index >= 15 is 0 Å². The van der Waals surface area contributed by atoms with Crippen LogP contribution in [0.4, 0.5) is 0 Å². The largest absolute Gasteiger partial charge is 0.142 e. The molecule has 0 spiro atoms. The van der Waals surface area contributed by atoms with Crippen molar-refractivity contribution in [2.24, 2.45) is 59.2 Å². The van der Waals surface area contributed by atoms with E-state index in [1.165, 1.54) is 83.7 Å². The number of aryl methyl sites for hydroxylation is 1. The first kappa shape index (κ1) is 26.7. The second-order valence-electron chi connectivity index (χ2n) is 15.8. The van der Waals surface area contributed by atoms with Gasteiger partial charge in [0.15, 0.2) is 0 Å². The molecule has 3 aromatic rings. The van der Waals surface area contributed by atoms with E-state index in [4.69, 9.17) is 12.6 Å². The van der Waals surface area contributed by atoms with Crippen LogP contribution in [0.1, 0.15) is 101 Å². The van der Waals surface area contributed by atoms with Gasteiger partial charge in [-0.25, -0.2) is 0 Å². The monoisotopic (exact) mass is 574 g/mol. The Balaban J connectivity index is 1.13. The Morgan fingerprint density at radius 3 is 1.76 bits per heavy atom. The molecule has 6 aliphatic carbocycles. The molecular formula is C41H50S. The van der Waals surface area contributed by atoms with E-state index in [0.29, 0.717) is 5.92 Å². The second kappa shape index (κ2) is 10.4. The molecule has 6 saturated carbocycles. The van der Waals surface area contributed by atoms with Crippen molar-refractivity contribution < 1.29 is 0 Å². The first-order valence-corrected chi connectivity index (χ1v) is 18.4. The standard InChI is InChI=1S/C41H50S/c1-24-27-11-3-2-10-25(27)20-21-28(24)36-19-8-16-29(41(36)42)26-22-37-32-14-6-4-12-30(32)34-17-9-18-35-31-13-5-7-15-33(31)38(23-26)40(37)39(34)35/h2-3,8,10-11,16,19-21,26,30-35,37-40,42H,4-7,9,12-15,17-18,22-23H2,1H3. The van der Waals surface area contributed by atoms with E-state index in [1.807, 2.05) is 0 Å². The molecule has 3 aromatic carbocycles. The fourth-order valence-electron chi connectivity index (χ4n) is 13.3. The van der Waals surface area contributed by atoms with Crippen LogP contribution in [0.3, 0.4) is 0 Å². The molecule has 0 radical (unpaired) electrons. The molecule has 0 aliphatic heterocycles. The van der Waals surface area contributed by atoms with Crippen LogP contribution in [0.5, 0.6) is 0 Å². The van der Waals surface area contributed by atoms with Crippen LogP contribution in [0.15, 0.2) is 59.5 Å². The van der Waals surface area contributed by atoms with Crippen LogP contribution in [-0.2, 0) is 0 Å². The number of thiol groups is 1. The Morgan fingerprint density at radius 1 is 0.524 bits per heavy atom. The summed E-state index contributed by atoms with van der Waals surface area (Å²) in [4.78, 5) is 1.28. The van der Waals surface area contributed by atoms with Crippen molar-refractivity contribution in [2.45, 2.75) is 101 Å². The lowest BCUT2D eigenvalue weighted by molar-refractivity contribution is -0.189. The van der Waals surface area contributed by atoms with Crippen molar-refractivity contribution in [3.63, 3.8) is 0 Å². The Kier molecular flexibility index (Phi) is 6.62. The molecule has 9 rings (SSSR count).